The Bertz CT molecular complexity index is 375. The Hall–Kier alpha value is -0.860. The summed E-state index contributed by atoms with van der Waals surface area (Å²) in [7, 11) is 0. The molecule has 3 N–H and O–H groups in total. The Morgan fingerprint density at radius 2 is 2.27 bits per heavy atom. The molecule has 0 amide bonds. The van der Waals surface area contributed by atoms with E-state index in [2.05, 4.69) is 29.6 Å². The van der Waals surface area contributed by atoms with Crippen LogP contribution in [0, 0.1) is 0 Å². The molecule has 2 aliphatic carbocycles. The van der Waals surface area contributed by atoms with Gasteiger partial charge in [0, 0.05) is 24.5 Å². The van der Waals surface area contributed by atoms with Crippen molar-refractivity contribution in [3.05, 3.63) is 35.4 Å². The van der Waals surface area contributed by atoms with Crippen LogP contribution >= 0.6 is 0 Å². The molecule has 2 nitrogen and oxygen atoms in total. The van der Waals surface area contributed by atoms with Gasteiger partial charge in [-0.1, -0.05) is 24.3 Å². The van der Waals surface area contributed by atoms with E-state index in [9.17, 15) is 0 Å². The molecular formula is C13H18N2. The standard InChI is InChI=1S/C13H18N2/c14-7-8-15-12-9-13(12)6-5-10-3-1-2-4-11(10)13/h1-4,12,15H,5-9,14H2/t12-,13+/m0/s1. The molecule has 1 fully saturated rings. The van der Waals surface area contributed by atoms with Crippen molar-refractivity contribution in [3.8, 4) is 0 Å². The first-order chi connectivity index (χ1) is 7.37. The van der Waals surface area contributed by atoms with Gasteiger partial charge in [-0.05, 0) is 30.4 Å². The summed E-state index contributed by atoms with van der Waals surface area (Å²) in [6.45, 7) is 1.70. The number of fused-ring (bicyclic) bond motifs is 2. The van der Waals surface area contributed by atoms with Crippen molar-refractivity contribution in [2.75, 3.05) is 13.1 Å². The van der Waals surface area contributed by atoms with E-state index in [4.69, 9.17) is 5.73 Å². The van der Waals surface area contributed by atoms with Gasteiger partial charge >= 0.3 is 0 Å². The van der Waals surface area contributed by atoms with Gasteiger partial charge in [0.1, 0.15) is 0 Å². The Labute approximate surface area is 90.9 Å². The molecule has 0 aromatic heterocycles. The molecule has 1 aromatic carbocycles. The van der Waals surface area contributed by atoms with Crippen LogP contribution in [0.25, 0.3) is 0 Å². The van der Waals surface area contributed by atoms with Crippen molar-refractivity contribution in [1.29, 1.82) is 0 Å². The van der Waals surface area contributed by atoms with E-state index in [0.717, 1.165) is 13.1 Å². The number of nitrogens with one attached hydrogen (secondary N) is 1. The summed E-state index contributed by atoms with van der Waals surface area (Å²) in [6, 6.07) is 9.60. The van der Waals surface area contributed by atoms with Gasteiger partial charge in [-0.15, -0.1) is 0 Å². The first-order valence-electron chi connectivity index (χ1n) is 5.89. The van der Waals surface area contributed by atoms with Crippen LogP contribution in [-0.2, 0) is 11.8 Å². The SMILES string of the molecule is NCCN[C@H]1C[C@@]12CCc1ccccc12. The second-order valence-electron chi connectivity index (χ2n) is 4.81. The second kappa shape index (κ2) is 3.32. The van der Waals surface area contributed by atoms with Crippen LogP contribution in [0.15, 0.2) is 24.3 Å². The lowest BCUT2D eigenvalue weighted by molar-refractivity contribution is 0.576. The highest BCUT2D eigenvalue weighted by molar-refractivity contribution is 5.46. The number of aryl methyl sites for hydroxylation is 1. The fraction of sp³-hybridized carbons (Fsp3) is 0.538. The Kier molecular flexibility index (Phi) is 2.08. The highest BCUT2D eigenvalue weighted by atomic mass is 15.0. The summed E-state index contributed by atoms with van der Waals surface area (Å²) in [4.78, 5) is 0. The predicted molar refractivity (Wildman–Crippen MR) is 61.9 cm³/mol. The minimum absolute atomic E-state index is 0.478. The van der Waals surface area contributed by atoms with Crippen LogP contribution in [0.1, 0.15) is 24.0 Å². The molecule has 2 atom stereocenters. The Balaban J connectivity index is 1.81. The summed E-state index contributed by atoms with van der Waals surface area (Å²) >= 11 is 0. The van der Waals surface area contributed by atoms with E-state index in [0.29, 0.717) is 11.5 Å². The van der Waals surface area contributed by atoms with Crippen molar-refractivity contribution in [3.63, 3.8) is 0 Å². The lowest BCUT2D eigenvalue weighted by Gasteiger charge is -2.11. The molecule has 0 aliphatic heterocycles. The molecule has 0 saturated heterocycles. The monoisotopic (exact) mass is 202 g/mol. The number of nitrogens with two attached hydrogens (primary N) is 1. The Morgan fingerprint density at radius 3 is 3.13 bits per heavy atom. The quantitative estimate of drug-likeness (QED) is 0.772. The second-order valence-corrected chi connectivity index (χ2v) is 4.81. The first-order valence-corrected chi connectivity index (χ1v) is 5.89. The average Bonchev–Trinajstić information content (AvgIpc) is 2.85. The maximum Gasteiger partial charge on any atom is 0.0174 e. The highest BCUT2D eigenvalue weighted by Crippen LogP contribution is 2.56. The minimum Gasteiger partial charge on any atom is -0.329 e. The van der Waals surface area contributed by atoms with Crippen molar-refractivity contribution in [2.45, 2.75) is 30.7 Å². The predicted octanol–water partition coefficient (Wildman–Crippen LogP) is 1.19. The zero-order valence-corrected chi connectivity index (χ0v) is 9.00. The lowest BCUT2D eigenvalue weighted by Crippen LogP contribution is -2.29. The molecule has 1 spiro atoms. The molecule has 0 unspecified atom stereocenters. The maximum atomic E-state index is 5.52. The molecule has 1 saturated carbocycles. The number of rotatable bonds is 3. The van der Waals surface area contributed by atoms with E-state index in [-0.39, 0.29) is 0 Å². The third-order valence-corrected chi connectivity index (χ3v) is 4.00. The highest BCUT2D eigenvalue weighted by Gasteiger charge is 2.57. The van der Waals surface area contributed by atoms with Crippen molar-refractivity contribution >= 4 is 0 Å². The third kappa shape index (κ3) is 1.32. The van der Waals surface area contributed by atoms with Crippen molar-refractivity contribution in [2.24, 2.45) is 5.73 Å². The van der Waals surface area contributed by atoms with Gasteiger partial charge < -0.3 is 11.1 Å². The fourth-order valence-corrected chi connectivity index (χ4v) is 3.12. The van der Waals surface area contributed by atoms with E-state index >= 15 is 0 Å². The molecule has 0 bridgehead atoms. The van der Waals surface area contributed by atoms with Gasteiger partial charge in [-0.25, -0.2) is 0 Å². The summed E-state index contributed by atoms with van der Waals surface area (Å²) in [5.41, 5.74) is 9.16. The van der Waals surface area contributed by atoms with Gasteiger partial charge in [0.05, 0.1) is 0 Å². The molecule has 80 valence electrons. The fourth-order valence-electron chi connectivity index (χ4n) is 3.12. The van der Waals surface area contributed by atoms with Crippen LogP contribution in [-0.4, -0.2) is 19.1 Å². The molecule has 0 heterocycles. The largest absolute Gasteiger partial charge is 0.329 e. The molecular weight excluding hydrogens is 184 g/mol. The van der Waals surface area contributed by atoms with Gasteiger partial charge in [0.2, 0.25) is 0 Å². The summed E-state index contributed by atoms with van der Waals surface area (Å²) in [5.74, 6) is 0. The van der Waals surface area contributed by atoms with Gasteiger partial charge in [-0.3, -0.25) is 0 Å². The zero-order valence-electron chi connectivity index (χ0n) is 9.00. The number of hydrogen-bond acceptors (Lipinski definition) is 2. The molecule has 15 heavy (non-hydrogen) atoms. The van der Waals surface area contributed by atoms with Crippen LogP contribution in [0.3, 0.4) is 0 Å². The van der Waals surface area contributed by atoms with Crippen molar-refractivity contribution in [1.82, 2.24) is 5.32 Å². The maximum absolute atomic E-state index is 5.52. The van der Waals surface area contributed by atoms with Crippen LogP contribution in [0.2, 0.25) is 0 Å². The molecule has 3 rings (SSSR count). The van der Waals surface area contributed by atoms with Gasteiger partial charge in [-0.2, -0.15) is 0 Å². The summed E-state index contributed by atoms with van der Waals surface area (Å²) < 4.78 is 0. The smallest absolute Gasteiger partial charge is 0.0174 e. The van der Waals surface area contributed by atoms with Crippen molar-refractivity contribution < 1.29 is 0 Å². The van der Waals surface area contributed by atoms with Gasteiger partial charge in [0.15, 0.2) is 0 Å². The molecule has 0 radical (unpaired) electrons. The van der Waals surface area contributed by atoms with E-state index < -0.39 is 0 Å². The molecule has 1 aromatic rings. The third-order valence-electron chi connectivity index (χ3n) is 4.00. The van der Waals surface area contributed by atoms with E-state index in [1.54, 1.807) is 11.1 Å². The normalized spacial score (nSPS) is 31.9. The van der Waals surface area contributed by atoms with Crippen LogP contribution in [0.5, 0.6) is 0 Å². The van der Waals surface area contributed by atoms with E-state index in [1.165, 1.54) is 19.3 Å². The summed E-state index contributed by atoms with van der Waals surface area (Å²) in [6.07, 6.45) is 3.90. The van der Waals surface area contributed by atoms with Crippen LogP contribution < -0.4 is 11.1 Å². The van der Waals surface area contributed by atoms with E-state index in [1.807, 2.05) is 0 Å². The minimum atomic E-state index is 0.478. The Morgan fingerprint density at radius 1 is 1.40 bits per heavy atom. The van der Waals surface area contributed by atoms with Crippen LogP contribution in [0.4, 0.5) is 0 Å². The zero-order chi connectivity index (χ0) is 10.3. The topological polar surface area (TPSA) is 38.0 Å². The number of hydrogen-bond donors (Lipinski definition) is 2. The first kappa shape index (κ1) is 9.37. The molecule has 2 aliphatic rings. The molecule has 2 heteroatoms. The average molecular weight is 202 g/mol. The summed E-state index contributed by atoms with van der Waals surface area (Å²) in [5, 5.41) is 3.55. The lowest BCUT2D eigenvalue weighted by atomic mass is 9.97. The number of benzene rings is 1. The van der Waals surface area contributed by atoms with Gasteiger partial charge in [0.25, 0.3) is 0 Å².